The Hall–Kier alpha value is -3.33. The van der Waals surface area contributed by atoms with Gasteiger partial charge in [0.15, 0.2) is 0 Å². The largest absolute Gasteiger partial charge is 0.343 e. The van der Waals surface area contributed by atoms with Gasteiger partial charge in [0.1, 0.15) is 11.6 Å². The molecule has 3 rings (SSSR count). The van der Waals surface area contributed by atoms with Crippen molar-refractivity contribution < 1.29 is 23.2 Å². The van der Waals surface area contributed by atoms with Gasteiger partial charge in [-0.05, 0) is 36.4 Å². The fourth-order valence-electron chi connectivity index (χ4n) is 3.10. The van der Waals surface area contributed by atoms with Crippen LogP contribution in [0.4, 0.5) is 14.5 Å². The Balaban J connectivity index is 1.39. The first-order valence-electron chi connectivity index (χ1n) is 9.50. The molecule has 0 saturated carbocycles. The minimum atomic E-state index is -0.644. The van der Waals surface area contributed by atoms with E-state index < -0.39 is 11.7 Å². The van der Waals surface area contributed by atoms with Gasteiger partial charge in [-0.3, -0.25) is 19.3 Å². The third-order valence-electron chi connectivity index (χ3n) is 4.74. The van der Waals surface area contributed by atoms with Crippen molar-refractivity contribution in [2.45, 2.75) is 0 Å². The summed E-state index contributed by atoms with van der Waals surface area (Å²) in [7, 11) is 0. The predicted molar refractivity (Wildman–Crippen MR) is 107 cm³/mol. The summed E-state index contributed by atoms with van der Waals surface area (Å²) >= 11 is 0. The summed E-state index contributed by atoms with van der Waals surface area (Å²) in [5.41, 5.74) is 0.406. The number of nitrogens with one attached hydrogen (secondary N) is 2. The lowest BCUT2D eigenvalue weighted by atomic mass is 10.2. The highest BCUT2D eigenvalue weighted by Gasteiger charge is 2.23. The molecule has 2 N–H and O–H groups in total. The number of hydrogen-bond donors (Lipinski definition) is 2. The third-order valence-corrected chi connectivity index (χ3v) is 4.74. The Bertz CT molecular complexity index is 913. The van der Waals surface area contributed by atoms with E-state index in [0.717, 1.165) is 0 Å². The number of halogens is 2. The summed E-state index contributed by atoms with van der Waals surface area (Å²) < 4.78 is 26.5. The molecule has 1 aliphatic heterocycles. The Labute approximate surface area is 172 Å². The lowest BCUT2D eigenvalue weighted by Crippen LogP contribution is -2.52. The van der Waals surface area contributed by atoms with Crippen LogP contribution in [0.25, 0.3) is 0 Å². The molecule has 0 atom stereocenters. The van der Waals surface area contributed by atoms with Crippen molar-refractivity contribution in [3.63, 3.8) is 0 Å². The molecule has 1 aliphatic rings. The average Bonchev–Trinajstić information content (AvgIpc) is 2.74. The zero-order chi connectivity index (χ0) is 21.5. The highest BCUT2D eigenvalue weighted by Crippen LogP contribution is 2.09. The van der Waals surface area contributed by atoms with E-state index in [1.807, 2.05) is 4.90 Å². The molecule has 0 radical (unpaired) electrons. The third kappa shape index (κ3) is 5.84. The molecule has 1 fully saturated rings. The quantitative estimate of drug-likeness (QED) is 0.748. The molecule has 158 valence electrons. The molecule has 1 saturated heterocycles. The molecule has 0 aliphatic carbocycles. The van der Waals surface area contributed by atoms with Gasteiger partial charge >= 0.3 is 0 Å². The van der Waals surface area contributed by atoms with Crippen LogP contribution < -0.4 is 10.6 Å². The van der Waals surface area contributed by atoms with Crippen molar-refractivity contribution in [1.29, 1.82) is 0 Å². The minimum absolute atomic E-state index is 0.109. The number of rotatable bonds is 6. The van der Waals surface area contributed by atoms with E-state index in [2.05, 4.69) is 10.6 Å². The van der Waals surface area contributed by atoms with E-state index >= 15 is 0 Å². The van der Waals surface area contributed by atoms with E-state index in [1.165, 1.54) is 42.5 Å². The van der Waals surface area contributed by atoms with E-state index in [4.69, 9.17) is 0 Å². The van der Waals surface area contributed by atoms with Gasteiger partial charge in [-0.2, -0.15) is 0 Å². The second-order valence-electron chi connectivity index (χ2n) is 6.87. The van der Waals surface area contributed by atoms with Crippen LogP contribution >= 0.6 is 0 Å². The van der Waals surface area contributed by atoms with Crippen molar-refractivity contribution >= 4 is 23.4 Å². The normalized spacial score (nSPS) is 14.3. The zero-order valence-corrected chi connectivity index (χ0v) is 16.2. The molecule has 0 aromatic heterocycles. The number of amides is 3. The maximum absolute atomic E-state index is 13.6. The number of anilines is 1. The number of hydrogen-bond acceptors (Lipinski definition) is 4. The maximum Gasteiger partial charge on any atom is 0.254 e. The number of benzene rings is 2. The first-order chi connectivity index (χ1) is 14.4. The van der Waals surface area contributed by atoms with E-state index in [9.17, 15) is 23.2 Å². The van der Waals surface area contributed by atoms with Gasteiger partial charge in [0.05, 0.1) is 18.7 Å². The SMILES string of the molecule is O=C(CN1CCN(C(=O)CNC(=O)c2ccccc2F)CC1)Nc1ccc(F)cc1. The number of carbonyl (C=O) groups excluding carboxylic acids is 3. The Morgan fingerprint density at radius 2 is 1.57 bits per heavy atom. The van der Waals surface area contributed by atoms with Crippen molar-refractivity contribution in [3.8, 4) is 0 Å². The molecule has 1 heterocycles. The lowest BCUT2D eigenvalue weighted by Gasteiger charge is -2.34. The molecule has 3 amide bonds. The molecule has 0 spiro atoms. The second kappa shape index (κ2) is 9.93. The predicted octanol–water partition coefficient (Wildman–Crippen LogP) is 1.48. The summed E-state index contributed by atoms with van der Waals surface area (Å²) in [6, 6.07) is 11.1. The maximum atomic E-state index is 13.6. The monoisotopic (exact) mass is 416 g/mol. The van der Waals surface area contributed by atoms with Crippen LogP contribution in [0.1, 0.15) is 10.4 Å². The van der Waals surface area contributed by atoms with Crippen molar-refractivity contribution in [3.05, 3.63) is 65.7 Å². The van der Waals surface area contributed by atoms with Gasteiger partial charge < -0.3 is 15.5 Å². The van der Waals surface area contributed by atoms with Crippen LogP contribution in [0, 0.1) is 11.6 Å². The van der Waals surface area contributed by atoms with Gasteiger partial charge in [-0.15, -0.1) is 0 Å². The van der Waals surface area contributed by atoms with Gasteiger partial charge in [0, 0.05) is 31.9 Å². The molecule has 7 nitrogen and oxygen atoms in total. The van der Waals surface area contributed by atoms with Crippen molar-refractivity contribution in [1.82, 2.24) is 15.1 Å². The second-order valence-corrected chi connectivity index (χ2v) is 6.87. The molecule has 9 heteroatoms. The molecule has 2 aromatic rings. The first-order valence-corrected chi connectivity index (χ1v) is 9.50. The van der Waals surface area contributed by atoms with Crippen molar-refractivity contribution in [2.75, 3.05) is 44.6 Å². The minimum Gasteiger partial charge on any atom is -0.343 e. The molecule has 2 aromatic carbocycles. The summed E-state index contributed by atoms with van der Waals surface area (Å²) in [6.45, 7) is 1.77. The standard InChI is InChI=1S/C21H22F2N4O3/c22-15-5-7-16(8-6-15)25-19(28)14-26-9-11-27(12-10-26)20(29)13-24-21(30)17-3-1-2-4-18(17)23/h1-8H,9-14H2,(H,24,30)(H,25,28). The number of carbonyl (C=O) groups is 3. The molecule has 0 bridgehead atoms. The summed E-state index contributed by atoms with van der Waals surface area (Å²) in [4.78, 5) is 39.9. The number of nitrogens with zero attached hydrogens (tertiary/aromatic N) is 2. The number of piperazine rings is 1. The van der Waals surface area contributed by atoms with E-state index in [-0.39, 0.29) is 36.3 Å². The zero-order valence-electron chi connectivity index (χ0n) is 16.2. The van der Waals surface area contributed by atoms with Crippen LogP contribution in [0.15, 0.2) is 48.5 Å². The molecule has 0 unspecified atom stereocenters. The Morgan fingerprint density at radius 3 is 2.23 bits per heavy atom. The molecule has 30 heavy (non-hydrogen) atoms. The van der Waals surface area contributed by atoms with Gasteiger partial charge in [-0.25, -0.2) is 8.78 Å². The highest BCUT2D eigenvalue weighted by molar-refractivity contribution is 5.96. The van der Waals surface area contributed by atoms with Crippen LogP contribution in [-0.2, 0) is 9.59 Å². The van der Waals surface area contributed by atoms with Gasteiger partial charge in [0.2, 0.25) is 11.8 Å². The van der Waals surface area contributed by atoms with Crippen molar-refractivity contribution in [2.24, 2.45) is 0 Å². The Kier molecular flexibility index (Phi) is 7.08. The van der Waals surface area contributed by atoms with Crippen LogP contribution in [0.3, 0.4) is 0 Å². The summed E-state index contributed by atoms with van der Waals surface area (Å²) in [6.07, 6.45) is 0. The van der Waals surface area contributed by atoms with Gasteiger partial charge in [0.25, 0.3) is 5.91 Å². The molecular formula is C21H22F2N4O3. The van der Waals surface area contributed by atoms with Crippen LogP contribution in [0.2, 0.25) is 0 Å². The fraction of sp³-hybridized carbons (Fsp3) is 0.286. The smallest absolute Gasteiger partial charge is 0.254 e. The average molecular weight is 416 g/mol. The van der Waals surface area contributed by atoms with E-state index in [0.29, 0.717) is 31.9 Å². The fourth-order valence-corrected chi connectivity index (χ4v) is 3.10. The highest BCUT2D eigenvalue weighted by atomic mass is 19.1. The Morgan fingerprint density at radius 1 is 0.900 bits per heavy atom. The molecular weight excluding hydrogens is 394 g/mol. The first kappa shape index (κ1) is 21.4. The summed E-state index contributed by atoms with van der Waals surface area (Å²) in [5.74, 6) is -2.15. The van der Waals surface area contributed by atoms with Crippen LogP contribution in [0.5, 0.6) is 0 Å². The lowest BCUT2D eigenvalue weighted by molar-refractivity contribution is -0.132. The van der Waals surface area contributed by atoms with E-state index in [1.54, 1.807) is 11.0 Å². The topological polar surface area (TPSA) is 81.8 Å². The van der Waals surface area contributed by atoms with Gasteiger partial charge in [-0.1, -0.05) is 12.1 Å². The summed E-state index contributed by atoms with van der Waals surface area (Å²) in [5, 5.41) is 5.13. The van der Waals surface area contributed by atoms with Crippen LogP contribution in [-0.4, -0.2) is 66.8 Å².